The molecule has 1 aromatic rings. The molecule has 0 aliphatic heterocycles. The van der Waals surface area contributed by atoms with Gasteiger partial charge < -0.3 is 4.74 Å². The SMILES string of the molecule is COC(=O)CS(=O)(=O)NCc1ccn[nH]1. The van der Waals surface area contributed by atoms with Crippen molar-refractivity contribution in [1.29, 1.82) is 0 Å². The monoisotopic (exact) mass is 233 g/mol. The Balaban J connectivity index is 2.47. The fraction of sp³-hybridized carbons (Fsp3) is 0.429. The number of aromatic amines is 1. The number of aromatic nitrogens is 2. The van der Waals surface area contributed by atoms with Crippen LogP contribution in [0.5, 0.6) is 0 Å². The first kappa shape index (κ1) is 11.7. The molecule has 7 nitrogen and oxygen atoms in total. The second-order valence-electron chi connectivity index (χ2n) is 2.74. The lowest BCUT2D eigenvalue weighted by Crippen LogP contribution is -2.30. The standard InChI is InChI=1S/C7H11N3O4S/c1-14-7(11)5-15(12,13)9-4-6-2-3-8-10-6/h2-3,9H,4-5H2,1H3,(H,8,10). The summed E-state index contributed by atoms with van der Waals surface area (Å²) in [6, 6.07) is 1.63. The van der Waals surface area contributed by atoms with E-state index in [0.717, 1.165) is 7.11 Å². The molecule has 2 N–H and O–H groups in total. The molecule has 15 heavy (non-hydrogen) atoms. The molecule has 0 spiro atoms. The third-order valence-corrected chi connectivity index (χ3v) is 2.78. The summed E-state index contributed by atoms with van der Waals surface area (Å²) >= 11 is 0. The Morgan fingerprint density at radius 3 is 2.93 bits per heavy atom. The Morgan fingerprint density at radius 1 is 1.67 bits per heavy atom. The van der Waals surface area contributed by atoms with Crippen LogP contribution in [0, 0.1) is 0 Å². The fourth-order valence-corrected chi connectivity index (χ4v) is 1.74. The predicted molar refractivity (Wildman–Crippen MR) is 51.2 cm³/mol. The van der Waals surface area contributed by atoms with Gasteiger partial charge in [0.05, 0.1) is 19.3 Å². The van der Waals surface area contributed by atoms with Crippen molar-refractivity contribution >= 4 is 16.0 Å². The molecule has 0 bridgehead atoms. The van der Waals surface area contributed by atoms with Crippen molar-refractivity contribution in [3.63, 3.8) is 0 Å². The summed E-state index contributed by atoms with van der Waals surface area (Å²) in [6.45, 7) is 0.0688. The van der Waals surface area contributed by atoms with Gasteiger partial charge in [0.1, 0.15) is 0 Å². The Morgan fingerprint density at radius 2 is 2.40 bits per heavy atom. The van der Waals surface area contributed by atoms with Crippen molar-refractivity contribution in [3.05, 3.63) is 18.0 Å². The van der Waals surface area contributed by atoms with Gasteiger partial charge in [-0.2, -0.15) is 5.10 Å². The smallest absolute Gasteiger partial charge is 0.322 e. The summed E-state index contributed by atoms with van der Waals surface area (Å²) in [6.07, 6.45) is 1.50. The highest BCUT2D eigenvalue weighted by Gasteiger charge is 2.16. The predicted octanol–water partition coefficient (Wildman–Crippen LogP) is -0.998. The van der Waals surface area contributed by atoms with E-state index in [9.17, 15) is 13.2 Å². The van der Waals surface area contributed by atoms with Gasteiger partial charge in [-0.3, -0.25) is 9.89 Å². The highest BCUT2D eigenvalue weighted by molar-refractivity contribution is 7.90. The summed E-state index contributed by atoms with van der Waals surface area (Å²) in [5.74, 6) is -1.48. The average molecular weight is 233 g/mol. The maximum Gasteiger partial charge on any atom is 0.322 e. The molecular formula is C7H11N3O4S. The molecule has 8 heteroatoms. The lowest BCUT2D eigenvalue weighted by Gasteiger charge is -2.03. The maximum absolute atomic E-state index is 11.2. The van der Waals surface area contributed by atoms with Gasteiger partial charge in [0.15, 0.2) is 5.75 Å². The third-order valence-electron chi connectivity index (χ3n) is 1.58. The zero-order chi connectivity index (χ0) is 11.3. The molecule has 0 aliphatic carbocycles. The van der Waals surface area contributed by atoms with Crippen LogP contribution in [0.4, 0.5) is 0 Å². The average Bonchev–Trinajstić information content (AvgIpc) is 2.66. The number of nitrogens with zero attached hydrogens (tertiary/aromatic N) is 1. The number of sulfonamides is 1. The van der Waals surface area contributed by atoms with E-state index in [4.69, 9.17) is 0 Å². The third kappa shape index (κ3) is 4.09. The Labute approximate surface area is 86.9 Å². The number of carbonyl (C=O) groups excluding carboxylic acids is 1. The lowest BCUT2D eigenvalue weighted by atomic mass is 10.4. The van der Waals surface area contributed by atoms with E-state index in [1.807, 2.05) is 0 Å². The normalized spacial score (nSPS) is 11.3. The summed E-state index contributed by atoms with van der Waals surface area (Å²) in [5, 5.41) is 6.23. The Kier molecular flexibility index (Phi) is 3.81. The van der Waals surface area contributed by atoms with Gasteiger partial charge in [-0.25, -0.2) is 13.1 Å². The Hall–Kier alpha value is -1.41. The molecule has 0 saturated carbocycles. The van der Waals surface area contributed by atoms with Crippen LogP contribution in [0.2, 0.25) is 0 Å². The van der Waals surface area contributed by atoms with Crippen LogP contribution in [0.25, 0.3) is 0 Å². The van der Waals surface area contributed by atoms with Crippen LogP contribution in [-0.2, 0) is 26.1 Å². The zero-order valence-electron chi connectivity index (χ0n) is 8.06. The van der Waals surface area contributed by atoms with Crippen LogP contribution < -0.4 is 4.72 Å². The van der Waals surface area contributed by atoms with Gasteiger partial charge >= 0.3 is 5.97 Å². The molecule has 1 rings (SSSR count). The topological polar surface area (TPSA) is 101 Å². The minimum absolute atomic E-state index is 0.0688. The molecule has 0 radical (unpaired) electrons. The fourth-order valence-electron chi connectivity index (χ4n) is 0.836. The van der Waals surface area contributed by atoms with Crippen LogP contribution in [0.15, 0.2) is 12.3 Å². The summed E-state index contributed by atoms with van der Waals surface area (Å²) < 4.78 is 29.0. The number of methoxy groups -OCH3 is 1. The van der Waals surface area contributed by atoms with Gasteiger partial charge in [-0.05, 0) is 6.07 Å². The van der Waals surface area contributed by atoms with Crippen molar-refractivity contribution in [2.24, 2.45) is 0 Å². The molecule has 0 aliphatic rings. The van der Waals surface area contributed by atoms with E-state index >= 15 is 0 Å². The second kappa shape index (κ2) is 4.89. The van der Waals surface area contributed by atoms with E-state index in [1.54, 1.807) is 6.07 Å². The first-order chi connectivity index (χ1) is 7.03. The number of hydrogen-bond acceptors (Lipinski definition) is 5. The van der Waals surface area contributed by atoms with Crippen molar-refractivity contribution in [2.45, 2.75) is 6.54 Å². The highest BCUT2D eigenvalue weighted by Crippen LogP contribution is 1.93. The van der Waals surface area contributed by atoms with Gasteiger partial charge in [-0.1, -0.05) is 0 Å². The molecular weight excluding hydrogens is 222 g/mol. The van der Waals surface area contributed by atoms with E-state index in [0.29, 0.717) is 5.69 Å². The number of hydrogen-bond donors (Lipinski definition) is 2. The molecule has 0 atom stereocenters. The first-order valence-electron chi connectivity index (χ1n) is 4.06. The Bertz CT molecular complexity index is 411. The van der Waals surface area contributed by atoms with Gasteiger partial charge in [0.25, 0.3) is 0 Å². The summed E-state index contributed by atoms with van der Waals surface area (Å²) in [4.78, 5) is 10.7. The van der Waals surface area contributed by atoms with E-state index < -0.39 is 21.7 Å². The van der Waals surface area contributed by atoms with E-state index in [-0.39, 0.29) is 6.54 Å². The molecule has 0 aromatic carbocycles. The first-order valence-corrected chi connectivity index (χ1v) is 5.71. The quantitative estimate of drug-likeness (QED) is 0.635. The van der Waals surface area contributed by atoms with Crippen molar-refractivity contribution in [1.82, 2.24) is 14.9 Å². The molecule has 0 amide bonds. The summed E-state index contributed by atoms with van der Waals surface area (Å²) in [5.41, 5.74) is 0.614. The molecule has 0 unspecified atom stereocenters. The second-order valence-corrected chi connectivity index (χ2v) is 4.55. The van der Waals surface area contributed by atoms with Crippen LogP contribution in [0.1, 0.15) is 5.69 Å². The minimum Gasteiger partial charge on any atom is -0.468 e. The van der Waals surface area contributed by atoms with Gasteiger partial charge in [0, 0.05) is 6.20 Å². The van der Waals surface area contributed by atoms with Crippen molar-refractivity contribution < 1.29 is 17.9 Å². The number of carbonyl (C=O) groups is 1. The van der Waals surface area contributed by atoms with Crippen LogP contribution >= 0.6 is 0 Å². The van der Waals surface area contributed by atoms with Crippen LogP contribution in [0.3, 0.4) is 0 Å². The summed E-state index contributed by atoms with van der Waals surface area (Å²) in [7, 11) is -2.51. The maximum atomic E-state index is 11.2. The van der Waals surface area contributed by atoms with Crippen molar-refractivity contribution in [2.75, 3.05) is 12.9 Å². The van der Waals surface area contributed by atoms with Gasteiger partial charge in [0.2, 0.25) is 10.0 Å². The number of ether oxygens (including phenoxy) is 1. The minimum atomic E-state index is -3.64. The zero-order valence-corrected chi connectivity index (χ0v) is 8.87. The largest absolute Gasteiger partial charge is 0.468 e. The van der Waals surface area contributed by atoms with E-state index in [2.05, 4.69) is 19.7 Å². The lowest BCUT2D eigenvalue weighted by molar-refractivity contribution is -0.137. The molecule has 1 aromatic heterocycles. The molecule has 84 valence electrons. The number of rotatable bonds is 5. The van der Waals surface area contributed by atoms with E-state index in [1.165, 1.54) is 6.20 Å². The number of H-pyrrole nitrogens is 1. The number of esters is 1. The number of nitrogens with one attached hydrogen (secondary N) is 2. The highest BCUT2D eigenvalue weighted by atomic mass is 32.2. The van der Waals surface area contributed by atoms with Crippen molar-refractivity contribution in [3.8, 4) is 0 Å². The van der Waals surface area contributed by atoms with Gasteiger partial charge in [-0.15, -0.1) is 0 Å². The molecule has 0 saturated heterocycles. The van der Waals surface area contributed by atoms with Crippen LogP contribution in [-0.4, -0.2) is 37.4 Å². The molecule has 0 fully saturated rings. The molecule has 1 heterocycles.